The maximum absolute atomic E-state index is 12.7. The van der Waals surface area contributed by atoms with E-state index in [1.807, 2.05) is 29.6 Å². The Morgan fingerprint density at radius 2 is 2.17 bits per heavy atom. The standard InChI is InChI=1S/C17H19N3O2S/c1-20-15(21)5-4-13(16(20)14-3-2-10-23-14)17(22)19-11-12-6-8-18-9-7-12/h2-3,6-10,13,16H,4-5,11H2,1H3,(H,19,22)/t13-,16-/m1/s1. The molecular weight excluding hydrogens is 310 g/mol. The summed E-state index contributed by atoms with van der Waals surface area (Å²) in [4.78, 5) is 31.5. The summed E-state index contributed by atoms with van der Waals surface area (Å²) >= 11 is 1.59. The van der Waals surface area contributed by atoms with Gasteiger partial charge in [0.1, 0.15) is 0 Å². The predicted molar refractivity (Wildman–Crippen MR) is 88.6 cm³/mol. The average molecular weight is 329 g/mol. The lowest BCUT2D eigenvalue weighted by Gasteiger charge is -2.37. The number of pyridine rings is 1. The summed E-state index contributed by atoms with van der Waals surface area (Å²) in [6.45, 7) is 0.479. The van der Waals surface area contributed by atoms with Gasteiger partial charge in [-0.05, 0) is 35.6 Å². The van der Waals surface area contributed by atoms with Gasteiger partial charge in [0, 0.05) is 37.3 Å². The van der Waals surface area contributed by atoms with Crippen molar-refractivity contribution < 1.29 is 9.59 Å². The van der Waals surface area contributed by atoms with E-state index in [9.17, 15) is 9.59 Å². The lowest BCUT2D eigenvalue weighted by Crippen LogP contribution is -2.45. The Morgan fingerprint density at radius 3 is 2.87 bits per heavy atom. The molecule has 0 spiro atoms. The van der Waals surface area contributed by atoms with Crippen LogP contribution in [-0.4, -0.2) is 28.7 Å². The van der Waals surface area contributed by atoms with Gasteiger partial charge in [-0.1, -0.05) is 6.07 Å². The third-order valence-corrected chi connectivity index (χ3v) is 5.19. The molecule has 0 unspecified atom stereocenters. The molecule has 1 aliphatic rings. The fraction of sp³-hybridized carbons (Fsp3) is 0.353. The van der Waals surface area contributed by atoms with Gasteiger partial charge in [-0.2, -0.15) is 0 Å². The zero-order valence-electron chi connectivity index (χ0n) is 12.9. The van der Waals surface area contributed by atoms with Gasteiger partial charge in [0.15, 0.2) is 0 Å². The van der Waals surface area contributed by atoms with Gasteiger partial charge in [0.2, 0.25) is 11.8 Å². The summed E-state index contributed by atoms with van der Waals surface area (Å²) in [6, 6.07) is 7.54. The number of nitrogens with zero attached hydrogens (tertiary/aromatic N) is 2. The van der Waals surface area contributed by atoms with E-state index in [-0.39, 0.29) is 23.8 Å². The summed E-state index contributed by atoms with van der Waals surface area (Å²) in [7, 11) is 1.79. The SMILES string of the molecule is CN1C(=O)CC[C@@H](C(=O)NCc2ccncc2)[C@@H]1c1cccs1. The first-order chi connectivity index (χ1) is 11.2. The predicted octanol–water partition coefficient (Wildman–Crippen LogP) is 2.37. The average Bonchev–Trinajstić information content (AvgIpc) is 3.10. The van der Waals surface area contributed by atoms with Crippen molar-refractivity contribution in [2.75, 3.05) is 7.05 Å². The number of piperidine rings is 1. The zero-order chi connectivity index (χ0) is 16.2. The monoisotopic (exact) mass is 329 g/mol. The minimum absolute atomic E-state index is 0.000405. The van der Waals surface area contributed by atoms with E-state index in [1.165, 1.54) is 0 Å². The highest BCUT2D eigenvalue weighted by molar-refractivity contribution is 7.10. The quantitative estimate of drug-likeness (QED) is 0.937. The molecule has 1 aliphatic heterocycles. The van der Waals surface area contributed by atoms with Crippen LogP contribution in [0.4, 0.5) is 0 Å². The van der Waals surface area contributed by atoms with Crippen LogP contribution in [0.1, 0.15) is 29.3 Å². The molecule has 1 saturated heterocycles. The van der Waals surface area contributed by atoms with Crippen LogP contribution >= 0.6 is 11.3 Å². The first-order valence-electron chi connectivity index (χ1n) is 7.62. The molecule has 23 heavy (non-hydrogen) atoms. The summed E-state index contributed by atoms with van der Waals surface area (Å²) < 4.78 is 0. The van der Waals surface area contributed by atoms with Crippen LogP contribution in [0.15, 0.2) is 42.0 Å². The normalized spacial score (nSPS) is 21.3. The Bertz CT molecular complexity index is 672. The van der Waals surface area contributed by atoms with Crippen LogP contribution in [-0.2, 0) is 16.1 Å². The van der Waals surface area contributed by atoms with Crippen molar-refractivity contribution in [3.05, 3.63) is 52.5 Å². The van der Waals surface area contributed by atoms with Crippen molar-refractivity contribution in [2.45, 2.75) is 25.4 Å². The molecule has 0 bridgehead atoms. The van der Waals surface area contributed by atoms with Gasteiger partial charge in [-0.3, -0.25) is 14.6 Å². The second-order valence-corrected chi connectivity index (χ2v) is 6.66. The van der Waals surface area contributed by atoms with Gasteiger partial charge in [0.25, 0.3) is 0 Å². The van der Waals surface area contributed by atoms with Crippen LogP contribution in [0, 0.1) is 5.92 Å². The number of nitrogens with one attached hydrogen (secondary N) is 1. The van der Waals surface area contributed by atoms with Gasteiger partial charge in [0.05, 0.1) is 12.0 Å². The first kappa shape index (κ1) is 15.7. The molecule has 2 amide bonds. The molecule has 120 valence electrons. The molecule has 3 rings (SSSR count). The maximum Gasteiger partial charge on any atom is 0.225 e. The zero-order valence-corrected chi connectivity index (χ0v) is 13.8. The molecule has 1 fully saturated rings. The smallest absolute Gasteiger partial charge is 0.225 e. The number of thiophene rings is 1. The summed E-state index contributed by atoms with van der Waals surface area (Å²) in [6.07, 6.45) is 4.44. The van der Waals surface area contributed by atoms with Crippen molar-refractivity contribution in [2.24, 2.45) is 5.92 Å². The maximum atomic E-state index is 12.7. The van der Waals surface area contributed by atoms with Gasteiger partial charge in [-0.15, -0.1) is 11.3 Å². The molecule has 2 aromatic rings. The Morgan fingerprint density at radius 1 is 1.39 bits per heavy atom. The van der Waals surface area contributed by atoms with E-state index in [2.05, 4.69) is 10.3 Å². The van der Waals surface area contributed by atoms with Crippen molar-refractivity contribution in [1.29, 1.82) is 0 Å². The number of hydrogen-bond donors (Lipinski definition) is 1. The van der Waals surface area contributed by atoms with Gasteiger partial charge >= 0.3 is 0 Å². The van der Waals surface area contributed by atoms with Crippen LogP contribution in [0.5, 0.6) is 0 Å². The second kappa shape index (κ2) is 6.91. The van der Waals surface area contributed by atoms with E-state index >= 15 is 0 Å². The van der Waals surface area contributed by atoms with Crippen molar-refractivity contribution in [1.82, 2.24) is 15.2 Å². The lowest BCUT2D eigenvalue weighted by molar-refractivity contribution is -0.141. The van der Waals surface area contributed by atoms with E-state index < -0.39 is 0 Å². The number of likely N-dealkylation sites (tertiary alicyclic amines) is 1. The Labute approximate surface area is 139 Å². The third-order valence-electron chi connectivity index (χ3n) is 4.25. The van der Waals surface area contributed by atoms with Crippen LogP contribution in [0.3, 0.4) is 0 Å². The number of hydrogen-bond acceptors (Lipinski definition) is 4. The summed E-state index contributed by atoms with van der Waals surface area (Å²) in [5.41, 5.74) is 1.02. The van der Waals surface area contributed by atoms with Gasteiger partial charge < -0.3 is 10.2 Å². The minimum atomic E-state index is -0.210. The number of aromatic nitrogens is 1. The molecule has 0 aromatic carbocycles. The fourth-order valence-electron chi connectivity index (χ4n) is 2.98. The molecule has 0 saturated carbocycles. The highest BCUT2D eigenvalue weighted by atomic mass is 32.1. The summed E-state index contributed by atoms with van der Waals surface area (Å²) in [5.74, 6) is -0.112. The fourth-order valence-corrected chi connectivity index (χ4v) is 3.92. The van der Waals surface area contributed by atoms with Crippen molar-refractivity contribution in [3.63, 3.8) is 0 Å². The first-order valence-corrected chi connectivity index (χ1v) is 8.50. The number of rotatable bonds is 4. The Kier molecular flexibility index (Phi) is 4.71. The highest BCUT2D eigenvalue weighted by Crippen LogP contribution is 2.37. The topological polar surface area (TPSA) is 62.3 Å². The number of amides is 2. The molecule has 3 heterocycles. The van der Waals surface area contributed by atoms with Crippen LogP contribution in [0.2, 0.25) is 0 Å². The Balaban J connectivity index is 1.73. The Hall–Kier alpha value is -2.21. The van der Waals surface area contributed by atoms with Crippen molar-refractivity contribution in [3.8, 4) is 0 Å². The molecule has 2 atom stereocenters. The van der Waals surface area contributed by atoms with Gasteiger partial charge in [-0.25, -0.2) is 0 Å². The minimum Gasteiger partial charge on any atom is -0.352 e. The lowest BCUT2D eigenvalue weighted by atomic mass is 9.87. The molecule has 1 N–H and O–H groups in total. The molecule has 6 heteroatoms. The van der Waals surface area contributed by atoms with E-state index in [0.717, 1.165) is 10.4 Å². The number of carbonyl (C=O) groups excluding carboxylic acids is 2. The molecule has 0 radical (unpaired) electrons. The number of carbonyl (C=O) groups is 2. The van der Waals surface area contributed by atoms with E-state index in [4.69, 9.17) is 0 Å². The largest absolute Gasteiger partial charge is 0.352 e. The summed E-state index contributed by atoms with van der Waals surface area (Å²) in [5, 5.41) is 4.98. The van der Waals surface area contributed by atoms with Crippen molar-refractivity contribution >= 4 is 23.2 Å². The third kappa shape index (κ3) is 3.42. The molecule has 2 aromatic heterocycles. The molecule has 5 nitrogen and oxygen atoms in total. The van der Waals surface area contributed by atoms with E-state index in [1.54, 1.807) is 35.7 Å². The highest BCUT2D eigenvalue weighted by Gasteiger charge is 2.39. The van der Waals surface area contributed by atoms with Crippen LogP contribution in [0.25, 0.3) is 0 Å². The molecule has 0 aliphatic carbocycles. The van der Waals surface area contributed by atoms with E-state index in [0.29, 0.717) is 19.4 Å². The molecular formula is C17H19N3O2S. The second-order valence-electron chi connectivity index (χ2n) is 5.68. The van der Waals surface area contributed by atoms with Crippen LogP contribution < -0.4 is 5.32 Å².